The fourth-order valence-corrected chi connectivity index (χ4v) is 4.66. The molecule has 0 aliphatic carbocycles. The zero-order valence-corrected chi connectivity index (χ0v) is 22.7. The van der Waals surface area contributed by atoms with Gasteiger partial charge in [-0.2, -0.15) is 0 Å². The monoisotopic (exact) mass is 502 g/mol. The number of likely N-dealkylation sites (N-methyl/N-ethyl adjacent to an activating group) is 1. The molecule has 3 nitrogen and oxygen atoms in total. The maximum Gasteiger partial charge on any atom is 0.282 e. The molecule has 0 bridgehead atoms. The minimum Gasteiger partial charge on any atom is -0.320 e. The Hall–Kier alpha value is -1.10. The third-order valence-electron chi connectivity index (χ3n) is 6.37. The first-order valence-corrected chi connectivity index (χ1v) is 11.3. The average Bonchev–Trinajstić information content (AvgIpc) is 2.73. The van der Waals surface area contributed by atoms with E-state index in [2.05, 4.69) is 38.2 Å². The molecule has 1 aliphatic rings. The van der Waals surface area contributed by atoms with Crippen LogP contribution in [0.15, 0.2) is 42.5 Å². The van der Waals surface area contributed by atoms with Gasteiger partial charge in [-0.3, -0.25) is 4.79 Å². The molecule has 1 saturated heterocycles. The predicted octanol–water partition coefficient (Wildman–Crippen LogP) is 6.17. The van der Waals surface area contributed by atoms with E-state index < -0.39 is 0 Å². The minimum atomic E-state index is -0.252. The number of nitrogens with zero attached hydrogens (tertiary/aromatic N) is 1. The molecule has 2 aromatic rings. The van der Waals surface area contributed by atoms with Crippen LogP contribution in [0.4, 0.5) is 10.1 Å². The smallest absolute Gasteiger partial charge is 0.282 e. The van der Waals surface area contributed by atoms with Crippen molar-refractivity contribution in [3.05, 3.63) is 65.0 Å². The van der Waals surface area contributed by atoms with E-state index in [9.17, 15) is 9.18 Å². The van der Waals surface area contributed by atoms with Crippen LogP contribution in [0.1, 0.15) is 56.2 Å². The van der Waals surface area contributed by atoms with Gasteiger partial charge >= 0.3 is 0 Å². The van der Waals surface area contributed by atoms with Gasteiger partial charge in [0.1, 0.15) is 5.82 Å². The number of rotatable bonds is 5. The maximum absolute atomic E-state index is 13.5. The largest absolute Gasteiger partial charge is 0.320 e. The van der Waals surface area contributed by atoms with Gasteiger partial charge in [0.2, 0.25) is 0 Å². The molecule has 1 unspecified atom stereocenters. The summed E-state index contributed by atoms with van der Waals surface area (Å²) in [7, 11) is 0. The fraction of sp³-hybridized carbons (Fsp3) is 0.500. The molecule has 1 heterocycles. The van der Waals surface area contributed by atoms with Gasteiger partial charge in [0.05, 0.1) is 19.6 Å². The maximum atomic E-state index is 13.5. The molecule has 1 radical (unpaired) electrons. The Kier molecular flexibility index (Phi) is 12.1. The van der Waals surface area contributed by atoms with E-state index in [1.54, 1.807) is 0 Å². The van der Waals surface area contributed by atoms with E-state index >= 15 is 0 Å². The first kappa shape index (κ1) is 27.9. The van der Waals surface area contributed by atoms with Crippen molar-refractivity contribution in [1.82, 2.24) is 0 Å². The molecule has 3 rings (SSSR count). The van der Waals surface area contributed by atoms with Crippen molar-refractivity contribution in [2.75, 3.05) is 25.0 Å². The van der Waals surface area contributed by atoms with Crippen LogP contribution < -0.4 is 5.32 Å². The van der Waals surface area contributed by atoms with E-state index in [1.165, 1.54) is 37.0 Å². The van der Waals surface area contributed by atoms with Crippen LogP contribution >= 0.6 is 0 Å². The zero-order chi connectivity index (χ0) is 22.1. The normalized spacial score (nSPS) is 15.7. The number of likely N-dealkylation sites (tertiary alicyclic amines) is 1. The summed E-state index contributed by atoms with van der Waals surface area (Å²) in [6.45, 7) is 13.2. The molecule has 2 aromatic carbocycles. The van der Waals surface area contributed by atoms with Crippen LogP contribution in [-0.2, 0) is 37.5 Å². The molecule has 1 fully saturated rings. The second-order valence-electron chi connectivity index (χ2n) is 8.53. The van der Waals surface area contributed by atoms with Gasteiger partial charge in [0.15, 0.2) is 6.04 Å². The molecular formula is C26H38FN2OY+. The minimum absolute atomic E-state index is 0. The Bertz CT molecular complexity index is 796. The van der Waals surface area contributed by atoms with Crippen LogP contribution in [0.25, 0.3) is 0 Å². The Balaban J connectivity index is 0.000000510. The van der Waals surface area contributed by atoms with Crippen molar-refractivity contribution < 1.29 is 46.4 Å². The zero-order valence-electron chi connectivity index (χ0n) is 19.9. The van der Waals surface area contributed by atoms with Crippen LogP contribution in [0.5, 0.6) is 0 Å². The molecule has 5 heteroatoms. The summed E-state index contributed by atoms with van der Waals surface area (Å²) in [4.78, 5) is 13.0. The van der Waals surface area contributed by atoms with E-state index in [0.29, 0.717) is 0 Å². The first-order valence-electron chi connectivity index (χ1n) is 11.3. The summed E-state index contributed by atoms with van der Waals surface area (Å²) in [6.07, 6.45) is 4.51. The van der Waals surface area contributed by atoms with Gasteiger partial charge < -0.3 is 9.80 Å². The number of halogens is 1. The number of aryl methyl sites for hydroxylation is 3. The van der Waals surface area contributed by atoms with Crippen molar-refractivity contribution in [2.45, 2.75) is 66.3 Å². The van der Waals surface area contributed by atoms with Gasteiger partial charge in [-0.25, -0.2) is 4.39 Å². The van der Waals surface area contributed by atoms with Gasteiger partial charge in [0.25, 0.3) is 5.91 Å². The summed E-state index contributed by atoms with van der Waals surface area (Å²) in [5.41, 5.74) is 3.66. The van der Waals surface area contributed by atoms with E-state index in [4.69, 9.17) is 0 Å². The summed E-state index contributed by atoms with van der Waals surface area (Å²) >= 11 is 0. The van der Waals surface area contributed by atoms with Gasteiger partial charge in [-0.05, 0) is 70.2 Å². The number of carbonyl (C=O) groups is 1. The van der Waals surface area contributed by atoms with E-state index in [-0.39, 0.29) is 50.5 Å². The molecule has 1 N–H and O–H groups in total. The molecule has 1 atom stereocenters. The van der Waals surface area contributed by atoms with Gasteiger partial charge in [0, 0.05) is 44.8 Å². The molecule has 167 valence electrons. The molecule has 0 aromatic heterocycles. The number of quaternary nitrogens is 1. The number of amides is 1. The van der Waals surface area contributed by atoms with Gasteiger partial charge in [-0.1, -0.05) is 42.8 Å². The molecule has 0 spiro atoms. The van der Waals surface area contributed by atoms with Crippen molar-refractivity contribution in [2.24, 2.45) is 0 Å². The Morgan fingerprint density at radius 3 is 1.97 bits per heavy atom. The number of piperidine rings is 1. The Morgan fingerprint density at radius 2 is 1.55 bits per heavy atom. The van der Waals surface area contributed by atoms with Crippen LogP contribution in [-0.4, -0.2) is 36.1 Å². The number of anilines is 1. The van der Waals surface area contributed by atoms with Crippen molar-refractivity contribution in [3.8, 4) is 0 Å². The molecule has 31 heavy (non-hydrogen) atoms. The quantitative estimate of drug-likeness (QED) is 0.487. The van der Waals surface area contributed by atoms with Crippen LogP contribution in [0, 0.1) is 26.6 Å². The first-order chi connectivity index (χ1) is 14.3. The summed E-state index contributed by atoms with van der Waals surface area (Å²) in [5.74, 6) is -0.174. The second kappa shape index (κ2) is 13.5. The standard InChI is InChI=1S/C19H29FN2O.C7H8.Y/c1-5-17(22(6-2)10-8-7-9-11-22)19(23)21-18-14(3)12-16(20)13-15(18)4;1-7-5-3-2-4-6-7;/h12-13,17H,5-11H2,1-4H3;2-6H,1H3;/p+1. The molecule has 0 saturated carbocycles. The third kappa shape index (κ3) is 7.77. The summed E-state index contributed by atoms with van der Waals surface area (Å²) in [5, 5.41) is 3.09. The number of carbonyl (C=O) groups excluding carboxylic acids is 1. The summed E-state index contributed by atoms with van der Waals surface area (Å²) in [6, 6.07) is 13.2. The summed E-state index contributed by atoms with van der Waals surface area (Å²) < 4.78 is 14.4. The Morgan fingerprint density at radius 1 is 1.00 bits per heavy atom. The van der Waals surface area contributed by atoms with Crippen LogP contribution in [0.3, 0.4) is 0 Å². The van der Waals surface area contributed by atoms with Gasteiger partial charge in [-0.15, -0.1) is 0 Å². The fourth-order valence-electron chi connectivity index (χ4n) is 4.66. The van der Waals surface area contributed by atoms with Crippen molar-refractivity contribution in [3.63, 3.8) is 0 Å². The molecule has 1 aliphatic heterocycles. The number of benzene rings is 2. The van der Waals surface area contributed by atoms with Crippen molar-refractivity contribution in [1.29, 1.82) is 0 Å². The number of hydrogen-bond acceptors (Lipinski definition) is 1. The predicted molar refractivity (Wildman–Crippen MR) is 124 cm³/mol. The number of nitrogens with one attached hydrogen (secondary N) is 1. The van der Waals surface area contributed by atoms with Crippen LogP contribution in [0.2, 0.25) is 0 Å². The second-order valence-corrected chi connectivity index (χ2v) is 8.53. The third-order valence-corrected chi connectivity index (χ3v) is 6.37. The SMILES string of the molecule is CCC(C(=O)Nc1c(C)cc(F)cc1C)[N+]1(CC)CCCCC1.Cc1ccccc1.[Y]. The Labute approximate surface area is 213 Å². The average molecular weight is 503 g/mol. The number of hydrogen-bond donors (Lipinski definition) is 1. The molecular weight excluding hydrogens is 464 g/mol. The topological polar surface area (TPSA) is 29.1 Å². The van der Waals surface area contributed by atoms with Crippen molar-refractivity contribution >= 4 is 11.6 Å². The van der Waals surface area contributed by atoms with E-state index in [1.807, 2.05) is 32.0 Å². The molecule has 1 amide bonds. The van der Waals surface area contributed by atoms with E-state index in [0.717, 1.165) is 47.4 Å².